The largest absolute Gasteiger partial charge is 0.476 e. The first-order chi connectivity index (χ1) is 9.70. The van der Waals surface area contributed by atoms with Crippen molar-refractivity contribution in [1.82, 2.24) is 9.78 Å². The number of carbonyl (C=O) groups is 1. The number of aromatic carboxylic acids is 1. The van der Waals surface area contributed by atoms with Crippen LogP contribution in [0.2, 0.25) is 0 Å². The molecule has 3 rings (SSSR count). The lowest BCUT2D eigenvalue weighted by molar-refractivity contribution is 0.0688. The molecule has 1 aliphatic carbocycles. The van der Waals surface area contributed by atoms with E-state index in [1.54, 1.807) is 11.8 Å². The molecule has 0 saturated carbocycles. The highest BCUT2D eigenvalue weighted by molar-refractivity contribution is 7.98. The topological polar surface area (TPSA) is 55.1 Å². The number of rotatable bonds is 3. The summed E-state index contributed by atoms with van der Waals surface area (Å²) in [4.78, 5) is 12.5. The summed E-state index contributed by atoms with van der Waals surface area (Å²) in [7, 11) is 0. The van der Waals surface area contributed by atoms with Gasteiger partial charge in [0.2, 0.25) is 0 Å². The molecule has 1 heterocycles. The van der Waals surface area contributed by atoms with E-state index in [0.717, 1.165) is 47.5 Å². The fourth-order valence-corrected chi connectivity index (χ4v) is 3.18. The molecule has 1 N–H and O–H groups in total. The molecular weight excluding hydrogens is 272 g/mol. The Kier molecular flexibility index (Phi) is 3.53. The summed E-state index contributed by atoms with van der Waals surface area (Å²) in [5, 5.41) is 13.7. The van der Waals surface area contributed by atoms with Gasteiger partial charge in [-0.2, -0.15) is 5.10 Å². The predicted octanol–water partition coefficient (Wildman–Crippen LogP) is 3.17. The number of benzene rings is 1. The fraction of sp³-hybridized carbons (Fsp3) is 0.333. The number of carboxylic acid groups (broad SMARTS) is 1. The van der Waals surface area contributed by atoms with Crippen LogP contribution in [-0.2, 0) is 12.8 Å². The summed E-state index contributed by atoms with van der Waals surface area (Å²) in [5.74, 6) is -0.928. The zero-order valence-corrected chi connectivity index (χ0v) is 12.1. The molecule has 0 spiro atoms. The monoisotopic (exact) mass is 288 g/mol. The molecule has 0 amide bonds. The third kappa shape index (κ3) is 2.22. The molecule has 1 aliphatic rings. The Morgan fingerprint density at radius 2 is 2.15 bits per heavy atom. The van der Waals surface area contributed by atoms with Crippen LogP contribution in [0.25, 0.3) is 5.69 Å². The van der Waals surface area contributed by atoms with Crippen molar-refractivity contribution in [3.05, 3.63) is 41.2 Å². The van der Waals surface area contributed by atoms with Crippen LogP contribution in [0.1, 0.15) is 34.6 Å². The van der Waals surface area contributed by atoms with Crippen LogP contribution < -0.4 is 0 Å². The Morgan fingerprint density at radius 1 is 1.35 bits per heavy atom. The molecule has 4 nitrogen and oxygen atoms in total. The van der Waals surface area contributed by atoms with Crippen LogP contribution >= 0.6 is 11.8 Å². The first kappa shape index (κ1) is 13.2. The average molecular weight is 288 g/mol. The number of hydrogen-bond donors (Lipinski definition) is 1. The number of thioether (sulfide) groups is 1. The maximum absolute atomic E-state index is 11.4. The summed E-state index contributed by atoms with van der Waals surface area (Å²) in [6, 6.07) is 8.06. The van der Waals surface area contributed by atoms with Crippen LogP contribution in [0.3, 0.4) is 0 Å². The lowest BCUT2D eigenvalue weighted by Gasteiger charge is -2.14. The normalized spacial score (nSPS) is 14.1. The zero-order valence-electron chi connectivity index (χ0n) is 11.3. The summed E-state index contributed by atoms with van der Waals surface area (Å²) < 4.78 is 1.82. The van der Waals surface area contributed by atoms with Crippen LogP contribution in [0.15, 0.2) is 29.2 Å². The molecule has 0 saturated heterocycles. The molecule has 104 valence electrons. The number of carboxylic acids is 1. The van der Waals surface area contributed by atoms with Gasteiger partial charge in [-0.15, -0.1) is 11.8 Å². The minimum atomic E-state index is -0.928. The van der Waals surface area contributed by atoms with E-state index >= 15 is 0 Å². The Bertz CT molecular complexity index is 664. The zero-order chi connectivity index (χ0) is 14.1. The SMILES string of the molecule is CSc1cccc(-n2nc(C(=O)O)c3c2CCCC3)c1. The Balaban J connectivity index is 2.15. The quantitative estimate of drug-likeness (QED) is 0.881. The first-order valence-electron chi connectivity index (χ1n) is 6.69. The smallest absolute Gasteiger partial charge is 0.356 e. The summed E-state index contributed by atoms with van der Waals surface area (Å²) in [6.45, 7) is 0. The maximum atomic E-state index is 11.4. The molecule has 2 aromatic rings. The second kappa shape index (κ2) is 5.32. The molecule has 0 unspecified atom stereocenters. The van der Waals surface area contributed by atoms with Gasteiger partial charge in [0.1, 0.15) is 0 Å². The van der Waals surface area contributed by atoms with Crippen molar-refractivity contribution in [2.75, 3.05) is 6.26 Å². The predicted molar refractivity (Wildman–Crippen MR) is 78.9 cm³/mol. The van der Waals surface area contributed by atoms with E-state index in [0.29, 0.717) is 0 Å². The Morgan fingerprint density at radius 3 is 2.90 bits per heavy atom. The van der Waals surface area contributed by atoms with Gasteiger partial charge in [-0.25, -0.2) is 9.48 Å². The van der Waals surface area contributed by atoms with Crippen LogP contribution in [0.4, 0.5) is 0 Å². The van der Waals surface area contributed by atoms with E-state index in [1.165, 1.54) is 0 Å². The minimum Gasteiger partial charge on any atom is -0.476 e. The van der Waals surface area contributed by atoms with Gasteiger partial charge in [-0.1, -0.05) is 6.07 Å². The van der Waals surface area contributed by atoms with Gasteiger partial charge in [-0.05, 0) is 50.1 Å². The van der Waals surface area contributed by atoms with Gasteiger partial charge in [0.05, 0.1) is 5.69 Å². The third-order valence-corrected chi connectivity index (χ3v) is 4.41. The van der Waals surface area contributed by atoms with Crippen molar-refractivity contribution in [2.45, 2.75) is 30.6 Å². The van der Waals surface area contributed by atoms with Gasteiger partial charge >= 0.3 is 5.97 Å². The molecule has 0 bridgehead atoms. The van der Waals surface area contributed by atoms with E-state index < -0.39 is 5.97 Å². The van der Waals surface area contributed by atoms with Gasteiger partial charge < -0.3 is 5.11 Å². The van der Waals surface area contributed by atoms with Crippen molar-refractivity contribution in [3.8, 4) is 5.69 Å². The second-order valence-electron chi connectivity index (χ2n) is 4.90. The summed E-state index contributed by atoms with van der Waals surface area (Å²) in [6.07, 6.45) is 5.89. The van der Waals surface area contributed by atoms with E-state index in [-0.39, 0.29) is 5.69 Å². The molecular formula is C15H16N2O2S. The van der Waals surface area contributed by atoms with Gasteiger partial charge in [0.25, 0.3) is 0 Å². The highest BCUT2D eigenvalue weighted by Gasteiger charge is 2.25. The number of hydrogen-bond acceptors (Lipinski definition) is 3. The summed E-state index contributed by atoms with van der Waals surface area (Å²) in [5.41, 5.74) is 3.14. The minimum absolute atomic E-state index is 0.217. The van der Waals surface area contributed by atoms with Gasteiger partial charge in [0.15, 0.2) is 5.69 Å². The standard InChI is InChI=1S/C15H16N2O2S/c1-20-11-6-4-5-10(9-11)17-13-8-3-2-7-12(13)14(16-17)15(18)19/h4-6,9H,2-3,7-8H2,1H3,(H,18,19). The van der Waals surface area contributed by atoms with E-state index in [1.807, 2.05) is 29.1 Å². The van der Waals surface area contributed by atoms with Crippen molar-refractivity contribution in [2.24, 2.45) is 0 Å². The van der Waals surface area contributed by atoms with Crippen molar-refractivity contribution < 1.29 is 9.90 Å². The van der Waals surface area contributed by atoms with E-state index in [2.05, 4.69) is 11.2 Å². The lowest BCUT2D eigenvalue weighted by atomic mass is 9.95. The average Bonchev–Trinajstić information content (AvgIpc) is 2.87. The van der Waals surface area contributed by atoms with Crippen LogP contribution in [-0.4, -0.2) is 27.1 Å². The van der Waals surface area contributed by atoms with Crippen molar-refractivity contribution >= 4 is 17.7 Å². The lowest BCUT2D eigenvalue weighted by Crippen LogP contribution is -2.08. The molecule has 0 fully saturated rings. The van der Waals surface area contributed by atoms with Crippen LogP contribution in [0, 0.1) is 0 Å². The number of aromatic nitrogens is 2. The molecule has 1 aromatic heterocycles. The highest BCUT2D eigenvalue weighted by atomic mass is 32.2. The van der Waals surface area contributed by atoms with Crippen molar-refractivity contribution in [1.29, 1.82) is 0 Å². The van der Waals surface area contributed by atoms with Gasteiger partial charge in [-0.3, -0.25) is 0 Å². The van der Waals surface area contributed by atoms with Gasteiger partial charge in [0, 0.05) is 16.2 Å². The Hall–Kier alpha value is -1.75. The van der Waals surface area contributed by atoms with E-state index in [9.17, 15) is 9.90 Å². The molecule has 5 heteroatoms. The summed E-state index contributed by atoms with van der Waals surface area (Å²) >= 11 is 1.67. The number of fused-ring (bicyclic) bond motifs is 1. The van der Waals surface area contributed by atoms with E-state index in [4.69, 9.17) is 0 Å². The first-order valence-corrected chi connectivity index (χ1v) is 7.91. The fourth-order valence-electron chi connectivity index (χ4n) is 2.73. The highest BCUT2D eigenvalue weighted by Crippen LogP contribution is 2.28. The maximum Gasteiger partial charge on any atom is 0.356 e. The van der Waals surface area contributed by atoms with Crippen molar-refractivity contribution in [3.63, 3.8) is 0 Å². The van der Waals surface area contributed by atoms with Crippen LogP contribution in [0.5, 0.6) is 0 Å². The molecule has 1 aromatic carbocycles. The molecule has 20 heavy (non-hydrogen) atoms. The molecule has 0 atom stereocenters. The third-order valence-electron chi connectivity index (χ3n) is 3.68. The molecule has 0 radical (unpaired) electrons. The Labute approximate surface area is 121 Å². The molecule has 0 aliphatic heterocycles. The second-order valence-corrected chi connectivity index (χ2v) is 5.78. The number of nitrogens with zero attached hydrogens (tertiary/aromatic N) is 2.